The first-order chi connectivity index (χ1) is 10.3. The summed E-state index contributed by atoms with van der Waals surface area (Å²) in [5.74, 6) is 1.79. The van der Waals surface area contributed by atoms with Crippen LogP contribution >= 0.6 is 27.5 Å². The van der Waals surface area contributed by atoms with Gasteiger partial charge in [0.15, 0.2) is 0 Å². The number of nitrogens with zero attached hydrogens (tertiary/aromatic N) is 2. The van der Waals surface area contributed by atoms with E-state index in [1.165, 1.54) is 50.5 Å². The third kappa shape index (κ3) is 3.45. The number of aryl methyl sites for hydroxylation is 1. The predicted molar refractivity (Wildman–Crippen MR) is 93.2 cm³/mol. The van der Waals surface area contributed by atoms with E-state index in [9.17, 15) is 0 Å². The second kappa shape index (κ2) is 7.15. The highest BCUT2D eigenvalue weighted by atomic mass is 79.9. The summed E-state index contributed by atoms with van der Waals surface area (Å²) in [6.45, 7) is 0. The van der Waals surface area contributed by atoms with Crippen LogP contribution in [0, 0.1) is 0 Å². The van der Waals surface area contributed by atoms with Crippen molar-refractivity contribution in [2.45, 2.75) is 57.4 Å². The average Bonchev–Trinajstić information content (AvgIpc) is 2.77. The van der Waals surface area contributed by atoms with Gasteiger partial charge in [0.2, 0.25) is 0 Å². The molecule has 1 aliphatic rings. The topological polar surface area (TPSA) is 17.8 Å². The minimum absolute atomic E-state index is 0.586. The molecule has 0 aliphatic heterocycles. The summed E-state index contributed by atoms with van der Waals surface area (Å²) in [6.07, 6.45) is 10.2. The molecule has 0 unspecified atom stereocenters. The highest BCUT2D eigenvalue weighted by Gasteiger charge is 2.20. The number of benzene rings is 1. The van der Waals surface area contributed by atoms with Crippen LogP contribution in [0.3, 0.4) is 0 Å². The molecule has 4 heteroatoms. The highest BCUT2D eigenvalue weighted by molar-refractivity contribution is 9.10. The lowest BCUT2D eigenvalue weighted by atomic mass is 9.96. The van der Waals surface area contributed by atoms with Crippen LogP contribution in [0.4, 0.5) is 0 Å². The molecule has 1 aromatic heterocycles. The smallest absolute Gasteiger partial charge is 0.111 e. The maximum atomic E-state index is 6.00. The number of aromatic nitrogens is 2. The molecule has 1 saturated carbocycles. The van der Waals surface area contributed by atoms with Crippen LogP contribution in [0.25, 0.3) is 11.0 Å². The van der Waals surface area contributed by atoms with Crippen molar-refractivity contribution in [1.82, 2.24) is 9.55 Å². The number of halogens is 2. The summed E-state index contributed by atoms with van der Waals surface area (Å²) in [5, 5.41) is 0. The van der Waals surface area contributed by atoms with Crippen molar-refractivity contribution < 1.29 is 0 Å². The molecule has 1 aromatic carbocycles. The van der Waals surface area contributed by atoms with Gasteiger partial charge in [-0.2, -0.15) is 0 Å². The summed E-state index contributed by atoms with van der Waals surface area (Å²) in [6, 6.07) is 6.97. The van der Waals surface area contributed by atoms with Gasteiger partial charge in [0.05, 0.1) is 11.0 Å². The van der Waals surface area contributed by atoms with Crippen LogP contribution in [0.15, 0.2) is 22.7 Å². The summed E-state index contributed by atoms with van der Waals surface area (Å²) in [5.41, 5.74) is 2.36. The first-order valence-corrected chi connectivity index (χ1v) is 9.34. The Morgan fingerprint density at radius 2 is 1.86 bits per heavy atom. The molecule has 3 rings (SSSR count). The van der Waals surface area contributed by atoms with E-state index in [1.807, 2.05) is 0 Å². The van der Waals surface area contributed by atoms with Crippen molar-refractivity contribution in [3.63, 3.8) is 0 Å². The molecule has 2 nitrogen and oxygen atoms in total. The molecule has 21 heavy (non-hydrogen) atoms. The molecule has 2 aromatic rings. The van der Waals surface area contributed by atoms with Gasteiger partial charge in [0.25, 0.3) is 0 Å². The second-order valence-electron chi connectivity index (χ2n) is 5.97. The quantitative estimate of drug-likeness (QED) is 0.619. The molecular weight excluding hydrogens is 348 g/mol. The maximum Gasteiger partial charge on any atom is 0.111 e. The Morgan fingerprint density at radius 1 is 1.14 bits per heavy atom. The van der Waals surface area contributed by atoms with Gasteiger partial charge in [-0.05, 0) is 31.0 Å². The van der Waals surface area contributed by atoms with Crippen molar-refractivity contribution in [2.24, 2.45) is 0 Å². The fourth-order valence-electron chi connectivity index (χ4n) is 3.48. The van der Waals surface area contributed by atoms with Gasteiger partial charge in [0, 0.05) is 22.8 Å². The minimum atomic E-state index is 0.586. The Balaban J connectivity index is 2.03. The molecule has 0 amide bonds. The number of alkyl halides is 1. The lowest BCUT2D eigenvalue weighted by molar-refractivity contribution is 0.371. The minimum Gasteiger partial charge on any atom is -0.325 e. The normalized spacial score (nSPS) is 17.8. The number of imidazole rings is 1. The number of fused-ring (bicyclic) bond motifs is 1. The van der Waals surface area contributed by atoms with E-state index in [4.69, 9.17) is 16.6 Å². The van der Waals surface area contributed by atoms with Gasteiger partial charge in [-0.3, -0.25) is 0 Å². The zero-order valence-electron chi connectivity index (χ0n) is 12.3. The molecule has 0 saturated heterocycles. The zero-order chi connectivity index (χ0) is 14.7. The van der Waals surface area contributed by atoms with Crippen LogP contribution < -0.4 is 0 Å². The predicted octanol–water partition coefficient (Wildman–Crippen LogP) is 5.87. The number of rotatable bonds is 3. The maximum absolute atomic E-state index is 6.00. The van der Waals surface area contributed by atoms with Crippen molar-refractivity contribution in [3.8, 4) is 0 Å². The summed E-state index contributed by atoms with van der Waals surface area (Å²) >= 11 is 9.60. The Hall–Kier alpha value is -0.540. The zero-order valence-corrected chi connectivity index (χ0v) is 14.7. The second-order valence-corrected chi connectivity index (χ2v) is 7.26. The molecule has 114 valence electrons. The van der Waals surface area contributed by atoms with E-state index in [-0.39, 0.29) is 0 Å². The first kappa shape index (κ1) is 15.4. The standard InChI is InChI=1S/C17H22BrClN2/c18-13-8-9-15-16(12-13)21(17(20-15)10-11-19)14-6-4-2-1-3-5-7-14/h8-9,12,14H,1-7,10-11H2. The van der Waals surface area contributed by atoms with Crippen molar-refractivity contribution >= 4 is 38.6 Å². The Kier molecular flexibility index (Phi) is 5.23. The monoisotopic (exact) mass is 368 g/mol. The highest BCUT2D eigenvalue weighted by Crippen LogP contribution is 2.32. The van der Waals surface area contributed by atoms with E-state index in [0.717, 1.165) is 22.2 Å². The lowest BCUT2D eigenvalue weighted by Gasteiger charge is -2.24. The third-order valence-electron chi connectivity index (χ3n) is 4.48. The van der Waals surface area contributed by atoms with E-state index < -0.39 is 0 Å². The number of hydrogen-bond donors (Lipinski definition) is 0. The molecule has 0 atom stereocenters. The fourth-order valence-corrected chi connectivity index (χ4v) is 4.00. The lowest BCUT2D eigenvalue weighted by Crippen LogP contribution is -2.14. The molecule has 1 aliphatic carbocycles. The van der Waals surface area contributed by atoms with Gasteiger partial charge < -0.3 is 4.57 Å². The molecule has 0 N–H and O–H groups in total. The first-order valence-electron chi connectivity index (χ1n) is 8.02. The van der Waals surface area contributed by atoms with E-state index in [0.29, 0.717) is 11.9 Å². The number of hydrogen-bond acceptors (Lipinski definition) is 1. The average molecular weight is 370 g/mol. The van der Waals surface area contributed by atoms with E-state index in [1.54, 1.807) is 0 Å². The Labute approximate surface area is 140 Å². The van der Waals surface area contributed by atoms with Crippen LogP contribution in [-0.2, 0) is 6.42 Å². The molecule has 0 radical (unpaired) electrons. The molecule has 1 heterocycles. The molecular formula is C17H22BrClN2. The van der Waals surface area contributed by atoms with Crippen molar-refractivity contribution in [3.05, 3.63) is 28.5 Å². The van der Waals surface area contributed by atoms with Crippen LogP contribution in [0.2, 0.25) is 0 Å². The SMILES string of the molecule is ClCCc1nc2ccc(Br)cc2n1C1CCCCCCC1. The Bertz CT molecular complexity index is 600. The summed E-state index contributed by atoms with van der Waals surface area (Å²) < 4.78 is 3.60. The van der Waals surface area contributed by atoms with Gasteiger partial charge in [-0.15, -0.1) is 11.6 Å². The van der Waals surface area contributed by atoms with Crippen LogP contribution in [0.1, 0.15) is 56.8 Å². The van der Waals surface area contributed by atoms with Crippen LogP contribution in [0.5, 0.6) is 0 Å². The van der Waals surface area contributed by atoms with Gasteiger partial charge >= 0.3 is 0 Å². The molecule has 1 fully saturated rings. The summed E-state index contributed by atoms with van der Waals surface area (Å²) in [7, 11) is 0. The molecule has 0 spiro atoms. The van der Waals surface area contributed by atoms with Gasteiger partial charge in [-0.1, -0.05) is 48.0 Å². The van der Waals surface area contributed by atoms with E-state index >= 15 is 0 Å². The van der Waals surface area contributed by atoms with Gasteiger partial charge in [-0.25, -0.2) is 4.98 Å². The van der Waals surface area contributed by atoms with E-state index in [2.05, 4.69) is 38.7 Å². The van der Waals surface area contributed by atoms with Crippen molar-refractivity contribution in [1.29, 1.82) is 0 Å². The summed E-state index contributed by atoms with van der Waals surface area (Å²) in [4.78, 5) is 4.83. The van der Waals surface area contributed by atoms with Crippen molar-refractivity contribution in [2.75, 3.05) is 5.88 Å². The van der Waals surface area contributed by atoms with Crippen LogP contribution in [-0.4, -0.2) is 15.4 Å². The fraction of sp³-hybridized carbons (Fsp3) is 0.588. The third-order valence-corrected chi connectivity index (χ3v) is 5.16. The largest absolute Gasteiger partial charge is 0.325 e. The molecule has 0 bridgehead atoms. The Morgan fingerprint density at radius 3 is 2.57 bits per heavy atom. The van der Waals surface area contributed by atoms with Gasteiger partial charge in [0.1, 0.15) is 5.82 Å².